The maximum atomic E-state index is 12.5. The van der Waals surface area contributed by atoms with Crippen molar-refractivity contribution in [2.75, 3.05) is 6.54 Å². The van der Waals surface area contributed by atoms with Crippen molar-refractivity contribution in [3.05, 3.63) is 71.8 Å². The summed E-state index contributed by atoms with van der Waals surface area (Å²) in [4.78, 5) is 26.2. The topological polar surface area (TPSA) is 37.4 Å². The second-order valence-electron chi connectivity index (χ2n) is 4.49. The van der Waals surface area contributed by atoms with Crippen LogP contribution in [-0.4, -0.2) is 23.3 Å². The van der Waals surface area contributed by atoms with Crippen molar-refractivity contribution in [1.82, 2.24) is 4.90 Å². The fourth-order valence-corrected chi connectivity index (χ4v) is 1.99. The molecular weight excluding hydrogens is 250 g/mol. The first-order chi connectivity index (χ1) is 9.74. The molecule has 0 bridgehead atoms. The van der Waals surface area contributed by atoms with Gasteiger partial charge in [-0.25, -0.2) is 0 Å². The van der Waals surface area contributed by atoms with Crippen LogP contribution in [0.15, 0.2) is 60.7 Å². The zero-order valence-corrected chi connectivity index (χ0v) is 11.5. The smallest absolute Gasteiger partial charge is 0.260 e. The van der Waals surface area contributed by atoms with Gasteiger partial charge in [0.1, 0.15) is 0 Å². The second kappa shape index (κ2) is 6.66. The van der Waals surface area contributed by atoms with Gasteiger partial charge in [-0.1, -0.05) is 43.3 Å². The van der Waals surface area contributed by atoms with Gasteiger partial charge in [-0.05, 0) is 30.7 Å². The minimum atomic E-state index is -0.249. The number of carbonyl (C=O) groups is 2. The normalized spacial score (nSPS) is 10.1. The van der Waals surface area contributed by atoms with E-state index in [2.05, 4.69) is 0 Å². The minimum Gasteiger partial charge on any atom is -0.274 e. The molecule has 102 valence electrons. The lowest BCUT2D eigenvalue weighted by atomic mass is 10.1. The first-order valence-corrected chi connectivity index (χ1v) is 6.70. The van der Waals surface area contributed by atoms with Gasteiger partial charge >= 0.3 is 0 Å². The molecule has 3 nitrogen and oxygen atoms in total. The van der Waals surface area contributed by atoms with Gasteiger partial charge in [0.25, 0.3) is 11.8 Å². The molecule has 0 N–H and O–H groups in total. The van der Waals surface area contributed by atoms with E-state index in [0.29, 0.717) is 17.7 Å². The van der Waals surface area contributed by atoms with Gasteiger partial charge in [0.2, 0.25) is 0 Å². The highest BCUT2D eigenvalue weighted by atomic mass is 16.2. The third kappa shape index (κ3) is 3.12. The number of imide groups is 1. The van der Waals surface area contributed by atoms with Gasteiger partial charge in [0.15, 0.2) is 0 Å². The van der Waals surface area contributed by atoms with Gasteiger partial charge in [-0.2, -0.15) is 0 Å². The van der Waals surface area contributed by atoms with Gasteiger partial charge in [0.05, 0.1) is 0 Å². The van der Waals surface area contributed by atoms with E-state index in [1.165, 1.54) is 4.90 Å². The van der Waals surface area contributed by atoms with Crippen LogP contribution < -0.4 is 0 Å². The van der Waals surface area contributed by atoms with Crippen LogP contribution in [0.1, 0.15) is 34.1 Å². The van der Waals surface area contributed by atoms with Crippen molar-refractivity contribution in [2.24, 2.45) is 0 Å². The Morgan fingerprint density at radius 2 is 1.20 bits per heavy atom. The van der Waals surface area contributed by atoms with Crippen LogP contribution in [0.2, 0.25) is 0 Å². The Bertz CT molecular complexity index is 527. The Labute approximate surface area is 118 Å². The van der Waals surface area contributed by atoms with Crippen LogP contribution in [0, 0.1) is 0 Å². The summed E-state index contributed by atoms with van der Waals surface area (Å²) in [7, 11) is 0. The van der Waals surface area contributed by atoms with Crippen molar-refractivity contribution in [3.8, 4) is 0 Å². The molecule has 0 aliphatic carbocycles. The molecular formula is C17H17NO2. The Morgan fingerprint density at radius 3 is 1.55 bits per heavy atom. The number of hydrogen-bond donors (Lipinski definition) is 0. The van der Waals surface area contributed by atoms with Crippen molar-refractivity contribution in [2.45, 2.75) is 13.3 Å². The van der Waals surface area contributed by atoms with Gasteiger partial charge in [-0.15, -0.1) is 0 Å². The third-order valence-electron chi connectivity index (χ3n) is 2.98. The summed E-state index contributed by atoms with van der Waals surface area (Å²) in [6.45, 7) is 2.37. The van der Waals surface area contributed by atoms with Crippen molar-refractivity contribution >= 4 is 11.8 Å². The molecule has 0 heterocycles. The van der Waals surface area contributed by atoms with E-state index in [1.807, 2.05) is 19.1 Å². The highest BCUT2D eigenvalue weighted by Gasteiger charge is 2.22. The van der Waals surface area contributed by atoms with Crippen LogP contribution in [0.25, 0.3) is 0 Å². The predicted molar refractivity (Wildman–Crippen MR) is 78.5 cm³/mol. The Kier molecular flexibility index (Phi) is 4.66. The summed E-state index contributed by atoms with van der Waals surface area (Å²) in [5.41, 5.74) is 1.07. The van der Waals surface area contributed by atoms with Crippen LogP contribution >= 0.6 is 0 Å². The van der Waals surface area contributed by atoms with E-state index in [1.54, 1.807) is 48.5 Å². The highest BCUT2D eigenvalue weighted by molar-refractivity contribution is 6.10. The summed E-state index contributed by atoms with van der Waals surface area (Å²) >= 11 is 0. The molecule has 0 fully saturated rings. The number of amides is 2. The number of carbonyl (C=O) groups excluding carboxylic acids is 2. The third-order valence-corrected chi connectivity index (χ3v) is 2.98. The lowest BCUT2D eigenvalue weighted by Gasteiger charge is -2.20. The lowest BCUT2D eigenvalue weighted by molar-refractivity contribution is 0.0616. The summed E-state index contributed by atoms with van der Waals surface area (Å²) in [6, 6.07) is 17.8. The molecule has 0 aliphatic rings. The molecule has 0 aromatic heterocycles. The molecule has 2 rings (SSSR count). The fourth-order valence-electron chi connectivity index (χ4n) is 1.99. The van der Waals surface area contributed by atoms with Crippen LogP contribution in [0.3, 0.4) is 0 Å². The molecule has 0 aliphatic heterocycles. The number of hydrogen-bond acceptors (Lipinski definition) is 2. The van der Waals surface area contributed by atoms with Crippen LogP contribution in [0.4, 0.5) is 0 Å². The van der Waals surface area contributed by atoms with E-state index < -0.39 is 0 Å². The molecule has 2 aromatic rings. The largest absolute Gasteiger partial charge is 0.274 e. The van der Waals surface area contributed by atoms with Crippen molar-refractivity contribution in [1.29, 1.82) is 0 Å². The average Bonchev–Trinajstić information content (AvgIpc) is 2.53. The first-order valence-electron chi connectivity index (χ1n) is 6.70. The average molecular weight is 267 g/mol. The first kappa shape index (κ1) is 14.0. The van der Waals surface area contributed by atoms with Crippen LogP contribution in [0.5, 0.6) is 0 Å². The Hall–Kier alpha value is -2.42. The molecule has 0 spiro atoms. The molecule has 20 heavy (non-hydrogen) atoms. The molecule has 0 saturated carbocycles. The highest BCUT2D eigenvalue weighted by Crippen LogP contribution is 2.11. The SMILES string of the molecule is CCCN(C(=O)c1ccccc1)C(=O)c1ccccc1. The van der Waals surface area contributed by atoms with E-state index in [-0.39, 0.29) is 11.8 Å². The lowest BCUT2D eigenvalue weighted by Crippen LogP contribution is -2.37. The molecule has 3 heteroatoms. The summed E-state index contributed by atoms with van der Waals surface area (Å²) < 4.78 is 0. The maximum Gasteiger partial charge on any atom is 0.260 e. The van der Waals surface area contributed by atoms with Crippen molar-refractivity contribution < 1.29 is 9.59 Å². The van der Waals surface area contributed by atoms with E-state index >= 15 is 0 Å². The summed E-state index contributed by atoms with van der Waals surface area (Å²) in [5.74, 6) is -0.498. The summed E-state index contributed by atoms with van der Waals surface area (Å²) in [5, 5.41) is 0. The zero-order valence-electron chi connectivity index (χ0n) is 11.5. The number of rotatable bonds is 4. The molecule has 2 amide bonds. The molecule has 0 atom stereocenters. The Balaban J connectivity index is 2.27. The predicted octanol–water partition coefficient (Wildman–Crippen LogP) is 3.38. The molecule has 2 aromatic carbocycles. The summed E-state index contributed by atoms with van der Waals surface area (Å²) in [6.07, 6.45) is 0.733. The monoisotopic (exact) mass is 267 g/mol. The number of nitrogens with zero attached hydrogens (tertiary/aromatic N) is 1. The number of benzene rings is 2. The minimum absolute atomic E-state index is 0.249. The zero-order chi connectivity index (χ0) is 14.4. The molecule has 0 radical (unpaired) electrons. The standard InChI is InChI=1S/C17H17NO2/c1-2-13-18(16(19)14-9-5-3-6-10-14)17(20)15-11-7-4-8-12-15/h3-12H,2,13H2,1H3. The quantitative estimate of drug-likeness (QED) is 0.796. The van der Waals surface area contributed by atoms with E-state index in [4.69, 9.17) is 0 Å². The second-order valence-corrected chi connectivity index (χ2v) is 4.49. The molecule has 0 unspecified atom stereocenters. The fraction of sp³-hybridized carbons (Fsp3) is 0.176. The van der Waals surface area contributed by atoms with E-state index in [0.717, 1.165) is 6.42 Å². The van der Waals surface area contributed by atoms with Crippen LogP contribution in [-0.2, 0) is 0 Å². The van der Waals surface area contributed by atoms with Gasteiger partial charge in [0, 0.05) is 17.7 Å². The van der Waals surface area contributed by atoms with Crippen molar-refractivity contribution in [3.63, 3.8) is 0 Å². The van der Waals surface area contributed by atoms with E-state index in [9.17, 15) is 9.59 Å². The van der Waals surface area contributed by atoms with Gasteiger partial charge in [-0.3, -0.25) is 14.5 Å². The molecule has 0 saturated heterocycles. The maximum absolute atomic E-state index is 12.5. The Morgan fingerprint density at radius 1 is 0.800 bits per heavy atom. The van der Waals surface area contributed by atoms with Gasteiger partial charge < -0.3 is 0 Å².